The van der Waals surface area contributed by atoms with Gasteiger partial charge in [0.15, 0.2) is 0 Å². The summed E-state index contributed by atoms with van der Waals surface area (Å²) in [6, 6.07) is 11.8. The molecule has 0 aliphatic carbocycles. The Bertz CT molecular complexity index is 396. The third-order valence-corrected chi connectivity index (χ3v) is 5.67. The van der Waals surface area contributed by atoms with Crippen LogP contribution in [-0.2, 0) is 0 Å². The van der Waals surface area contributed by atoms with Gasteiger partial charge in [-0.15, -0.1) is 0 Å². The Morgan fingerprint density at radius 3 is 1.71 bits per heavy atom. The Morgan fingerprint density at radius 1 is 0.708 bits per heavy atom. The average Bonchev–Trinajstić information content (AvgIpc) is 2.60. The van der Waals surface area contributed by atoms with Crippen molar-refractivity contribution >= 4 is 0 Å². The highest BCUT2D eigenvalue weighted by Gasteiger charge is 2.27. The fourth-order valence-corrected chi connectivity index (χ4v) is 3.64. The quantitative estimate of drug-likeness (QED) is 0.251. The van der Waals surface area contributed by atoms with Gasteiger partial charge in [0.25, 0.3) is 0 Å². The van der Waals surface area contributed by atoms with Crippen molar-refractivity contribution in [1.82, 2.24) is 0 Å². The molecule has 0 saturated carbocycles. The second-order valence-corrected chi connectivity index (χ2v) is 7.99. The summed E-state index contributed by atoms with van der Waals surface area (Å²) in [5, 5.41) is 0. The van der Waals surface area contributed by atoms with E-state index < -0.39 is 0 Å². The van der Waals surface area contributed by atoms with Crippen LogP contribution in [0.25, 0.3) is 0 Å². The molecule has 0 aliphatic rings. The molecular weight excluding hydrogens is 290 g/mol. The van der Waals surface area contributed by atoms with Gasteiger partial charge in [0.05, 0.1) is 20.6 Å². The van der Waals surface area contributed by atoms with E-state index >= 15 is 0 Å². The number of unbranched alkanes of at least 4 members (excludes halogenated alkanes) is 9. The summed E-state index contributed by atoms with van der Waals surface area (Å²) >= 11 is 0. The molecule has 0 aromatic heterocycles. The maximum atomic E-state index is 2.38. The van der Waals surface area contributed by atoms with Gasteiger partial charge >= 0.3 is 0 Å². The van der Waals surface area contributed by atoms with Crippen molar-refractivity contribution in [1.29, 1.82) is 0 Å². The van der Waals surface area contributed by atoms with E-state index in [1.807, 2.05) is 0 Å². The lowest BCUT2D eigenvalue weighted by Crippen LogP contribution is -2.42. The van der Waals surface area contributed by atoms with Gasteiger partial charge < -0.3 is 4.48 Å². The maximum absolute atomic E-state index is 2.38. The van der Waals surface area contributed by atoms with Crippen LogP contribution in [0.1, 0.15) is 96.1 Å². The highest BCUT2D eigenvalue weighted by Crippen LogP contribution is 2.30. The van der Waals surface area contributed by atoms with Crippen LogP contribution in [0.15, 0.2) is 30.3 Å². The fourth-order valence-electron chi connectivity index (χ4n) is 3.64. The summed E-state index contributed by atoms with van der Waals surface area (Å²) in [6.45, 7) is 5.80. The number of rotatable bonds is 14. The zero-order valence-electron chi connectivity index (χ0n) is 16.9. The lowest BCUT2D eigenvalue weighted by atomic mass is 9.96. The lowest BCUT2D eigenvalue weighted by molar-refractivity contribution is -0.920. The predicted molar refractivity (Wildman–Crippen MR) is 108 cm³/mol. The molecule has 0 fully saturated rings. The second-order valence-electron chi connectivity index (χ2n) is 7.99. The fraction of sp³-hybridized carbons (Fsp3) is 0.739. The Kier molecular flexibility index (Phi) is 11.1. The second kappa shape index (κ2) is 12.5. The van der Waals surface area contributed by atoms with E-state index in [4.69, 9.17) is 0 Å². The van der Waals surface area contributed by atoms with E-state index in [1.54, 1.807) is 0 Å². The molecule has 138 valence electrons. The monoisotopic (exact) mass is 332 g/mol. The molecule has 0 amide bonds. The normalized spacial score (nSPS) is 13.2. The van der Waals surface area contributed by atoms with Crippen molar-refractivity contribution in [3.05, 3.63) is 35.9 Å². The molecule has 0 heterocycles. The third-order valence-electron chi connectivity index (χ3n) is 5.67. The van der Waals surface area contributed by atoms with Crippen molar-refractivity contribution in [2.75, 3.05) is 20.6 Å². The molecule has 0 radical (unpaired) electrons. The number of quaternary nitrogens is 1. The van der Waals surface area contributed by atoms with E-state index in [9.17, 15) is 0 Å². The molecule has 1 aromatic carbocycles. The van der Waals surface area contributed by atoms with Gasteiger partial charge in [-0.3, -0.25) is 0 Å². The summed E-state index contributed by atoms with van der Waals surface area (Å²) in [7, 11) is 4.77. The van der Waals surface area contributed by atoms with Crippen LogP contribution in [0, 0.1) is 0 Å². The van der Waals surface area contributed by atoms with E-state index in [1.165, 1.54) is 82.7 Å². The minimum absolute atomic E-state index is 0.644. The van der Waals surface area contributed by atoms with E-state index in [0.29, 0.717) is 6.04 Å². The molecule has 0 aliphatic heterocycles. The van der Waals surface area contributed by atoms with Crippen LogP contribution in [-0.4, -0.2) is 25.1 Å². The molecule has 1 nitrogen and oxygen atoms in total. The largest absolute Gasteiger partial charge is 0.323 e. The Labute approximate surface area is 152 Å². The van der Waals surface area contributed by atoms with Crippen LogP contribution in [0.4, 0.5) is 0 Å². The zero-order valence-corrected chi connectivity index (χ0v) is 16.9. The van der Waals surface area contributed by atoms with Crippen molar-refractivity contribution in [2.45, 2.75) is 90.5 Å². The number of benzene rings is 1. The predicted octanol–water partition coefficient (Wildman–Crippen LogP) is 7.14. The van der Waals surface area contributed by atoms with Gasteiger partial charge in [-0.1, -0.05) is 95.0 Å². The molecule has 1 heteroatoms. The zero-order chi connectivity index (χ0) is 17.7. The van der Waals surface area contributed by atoms with Gasteiger partial charge in [-0.25, -0.2) is 0 Å². The molecular formula is C23H42N+. The first-order valence-electron chi connectivity index (χ1n) is 10.5. The Morgan fingerprint density at radius 2 is 1.21 bits per heavy atom. The van der Waals surface area contributed by atoms with E-state index in [-0.39, 0.29) is 0 Å². The molecule has 1 unspecified atom stereocenters. The summed E-state index contributed by atoms with van der Waals surface area (Å²) in [4.78, 5) is 0. The van der Waals surface area contributed by atoms with E-state index in [2.05, 4.69) is 58.3 Å². The van der Waals surface area contributed by atoms with Crippen molar-refractivity contribution < 1.29 is 4.48 Å². The van der Waals surface area contributed by atoms with Crippen LogP contribution in [0.2, 0.25) is 0 Å². The summed E-state index contributed by atoms with van der Waals surface area (Å²) in [5.74, 6) is 0. The molecule has 0 N–H and O–H groups in total. The highest BCUT2D eigenvalue weighted by atomic mass is 15.3. The molecule has 1 atom stereocenters. The SMILES string of the molecule is CCCCCCCCCCCCC(c1ccccc1)[N+](C)(C)CC. The number of nitrogens with zero attached hydrogens (tertiary/aromatic N) is 1. The van der Waals surface area contributed by atoms with Crippen LogP contribution in [0.3, 0.4) is 0 Å². The van der Waals surface area contributed by atoms with Gasteiger partial charge in [-0.2, -0.15) is 0 Å². The molecule has 24 heavy (non-hydrogen) atoms. The minimum Gasteiger partial charge on any atom is -0.323 e. The van der Waals surface area contributed by atoms with Crippen molar-refractivity contribution in [3.63, 3.8) is 0 Å². The molecule has 0 spiro atoms. The molecule has 0 bridgehead atoms. The highest BCUT2D eigenvalue weighted by molar-refractivity contribution is 5.17. The van der Waals surface area contributed by atoms with Crippen molar-refractivity contribution in [3.8, 4) is 0 Å². The third kappa shape index (κ3) is 8.33. The van der Waals surface area contributed by atoms with Crippen LogP contribution >= 0.6 is 0 Å². The molecule has 0 saturated heterocycles. The first kappa shape index (κ1) is 21.2. The van der Waals surface area contributed by atoms with Crippen LogP contribution < -0.4 is 0 Å². The Hall–Kier alpha value is -0.820. The summed E-state index contributed by atoms with van der Waals surface area (Å²) < 4.78 is 1.10. The smallest absolute Gasteiger partial charge is 0.114 e. The Balaban J connectivity index is 2.24. The minimum atomic E-state index is 0.644. The van der Waals surface area contributed by atoms with Crippen molar-refractivity contribution in [2.24, 2.45) is 0 Å². The number of hydrogen-bond donors (Lipinski definition) is 0. The van der Waals surface area contributed by atoms with Gasteiger partial charge in [-0.05, 0) is 13.3 Å². The van der Waals surface area contributed by atoms with Gasteiger partial charge in [0.1, 0.15) is 6.04 Å². The summed E-state index contributed by atoms with van der Waals surface area (Å²) in [5.41, 5.74) is 1.51. The first-order chi connectivity index (χ1) is 11.6. The van der Waals surface area contributed by atoms with E-state index in [0.717, 1.165) is 4.48 Å². The number of hydrogen-bond acceptors (Lipinski definition) is 0. The average molecular weight is 333 g/mol. The topological polar surface area (TPSA) is 0 Å². The molecule has 1 rings (SSSR count). The lowest BCUT2D eigenvalue weighted by Gasteiger charge is -2.37. The van der Waals surface area contributed by atoms with Gasteiger partial charge in [0.2, 0.25) is 0 Å². The summed E-state index contributed by atoms with van der Waals surface area (Å²) in [6.07, 6.45) is 15.5. The standard InChI is InChI=1S/C23H42N/c1-5-7-8-9-10-11-12-13-14-18-21-23(24(3,4)6-2)22-19-16-15-17-20-22/h15-17,19-20,23H,5-14,18,21H2,1-4H3/q+1. The first-order valence-corrected chi connectivity index (χ1v) is 10.5. The maximum Gasteiger partial charge on any atom is 0.114 e. The van der Waals surface area contributed by atoms with Crippen LogP contribution in [0.5, 0.6) is 0 Å². The molecule has 1 aromatic rings. The van der Waals surface area contributed by atoms with Gasteiger partial charge in [0, 0.05) is 12.0 Å².